The van der Waals surface area contributed by atoms with E-state index in [4.69, 9.17) is 11.6 Å². The quantitative estimate of drug-likeness (QED) is 0.440. The molecule has 21 heavy (non-hydrogen) atoms. The van der Waals surface area contributed by atoms with Crippen LogP contribution in [0.1, 0.15) is 21.5 Å². The Balaban J connectivity index is 2.16. The summed E-state index contributed by atoms with van der Waals surface area (Å²) in [6, 6.07) is 9.47. The number of rotatable bonds is 3. The summed E-state index contributed by atoms with van der Waals surface area (Å²) in [5, 5.41) is 0.0179. The molecule has 2 aromatic carbocycles. The lowest BCUT2D eigenvalue weighted by Gasteiger charge is -2.13. The van der Waals surface area contributed by atoms with Crippen molar-refractivity contribution in [3.63, 3.8) is 0 Å². The Morgan fingerprint density at radius 1 is 1.05 bits per heavy atom. The van der Waals surface area contributed by atoms with E-state index < -0.39 is 17.6 Å². The normalized spacial score (nSPS) is 13.2. The van der Waals surface area contributed by atoms with E-state index in [0.717, 1.165) is 12.1 Å². The van der Waals surface area contributed by atoms with Crippen molar-refractivity contribution < 1.29 is 17.6 Å². The predicted molar refractivity (Wildman–Crippen MR) is 78.2 cm³/mol. The van der Waals surface area contributed by atoms with Crippen LogP contribution in [0.5, 0.6) is 0 Å². The van der Waals surface area contributed by atoms with Crippen LogP contribution in [0.3, 0.4) is 0 Å². The maximum atomic E-state index is 13.9. The van der Waals surface area contributed by atoms with Crippen molar-refractivity contribution in [2.75, 3.05) is 0 Å². The lowest BCUT2D eigenvalue weighted by Crippen LogP contribution is -2.05. The van der Waals surface area contributed by atoms with Crippen molar-refractivity contribution in [1.82, 2.24) is 0 Å². The van der Waals surface area contributed by atoms with E-state index in [-0.39, 0.29) is 9.85 Å². The van der Waals surface area contributed by atoms with Gasteiger partial charge in [-0.2, -0.15) is 13.2 Å². The van der Waals surface area contributed by atoms with Gasteiger partial charge >= 0.3 is 6.18 Å². The largest absolute Gasteiger partial charge is 0.416 e. The predicted octanol–water partition coefficient (Wildman–Crippen LogP) is 6.18. The number of hydrogen-bond donors (Lipinski definition) is 0. The number of alkyl halides is 4. The zero-order valence-electron chi connectivity index (χ0n) is 10.6. The Morgan fingerprint density at radius 2 is 1.67 bits per heavy atom. The van der Waals surface area contributed by atoms with Gasteiger partial charge in [-0.3, -0.25) is 0 Å². The fourth-order valence-corrected chi connectivity index (χ4v) is 2.82. The Hall–Kier alpha value is -1.07. The van der Waals surface area contributed by atoms with Gasteiger partial charge in [-0.15, -0.1) is 0 Å². The Bertz CT molecular complexity index is 623. The molecule has 0 heterocycles. The molecule has 2 aromatic rings. The summed E-state index contributed by atoms with van der Waals surface area (Å²) < 4.78 is 51.3. The maximum absolute atomic E-state index is 13.9. The Labute approximate surface area is 132 Å². The fourth-order valence-electron chi connectivity index (χ4n) is 1.91. The van der Waals surface area contributed by atoms with E-state index in [9.17, 15) is 17.6 Å². The van der Waals surface area contributed by atoms with Gasteiger partial charge in [-0.05, 0) is 30.2 Å². The molecule has 1 atom stereocenters. The third-order valence-electron chi connectivity index (χ3n) is 3.02. The molecule has 2 rings (SSSR count). The molecule has 0 saturated heterocycles. The standard InChI is InChI=1S/C15H10BrClF4/c16-12(11-2-1-3-13(17)14(11)18)8-9-4-6-10(7-5-9)15(19,20)21/h1-7,12H,8H2. The molecule has 1 unspecified atom stereocenters. The number of halogens is 6. The molecule has 0 spiro atoms. The minimum atomic E-state index is -4.36. The topological polar surface area (TPSA) is 0 Å². The number of benzene rings is 2. The van der Waals surface area contributed by atoms with Crippen LogP contribution < -0.4 is 0 Å². The van der Waals surface area contributed by atoms with Gasteiger partial charge in [0.05, 0.1) is 10.6 Å². The first-order valence-corrected chi connectivity index (χ1v) is 7.32. The van der Waals surface area contributed by atoms with Crippen LogP contribution >= 0.6 is 27.5 Å². The third-order valence-corrected chi connectivity index (χ3v) is 4.12. The second-order valence-electron chi connectivity index (χ2n) is 4.51. The molecular formula is C15H10BrClF4. The molecule has 0 nitrogen and oxygen atoms in total. The van der Waals surface area contributed by atoms with E-state index in [1.807, 2.05) is 0 Å². The average Bonchev–Trinajstić information content (AvgIpc) is 2.41. The molecule has 112 valence electrons. The van der Waals surface area contributed by atoms with Gasteiger partial charge in [0.25, 0.3) is 0 Å². The van der Waals surface area contributed by atoms with Crippen LogP contribution in [0.4, 0.5) is 17.6 Å². The minimum absolute atomic E-state index is 0.0179. The van der Waals surface area contributed by atoms with Gasteiger partial charge in [-0.25, -0.2) is 4.39 Å². The summed E-state index contributed by atoms with van der Waals surface area (Å²) in [6.45, 7) is 0. The summed E-state index contributed by atoms with van der Waals surface area (Å²) in [5.74, 6) is -0.520. The lowest BCUT2D eigenvalue weighted by atomic mass is 10.0. The first kappa shape index (κ1) is 16.3. The van der Waals surface area contributed by atoms with E-state index in [1.165, 1.54) is 18.2 Å². The van der Waals surface area contributed by atoms with Crippen molar-refractivity contribution in [2.45, 2.75) is 17.4 Å². The minimum Gasteiger partial charge on any atom is -0.205 e. The van der Waals surface area contributed by atoms with Crippen LogP contribution in [0, 0.1) is 5.82 Å². The van der Waals surface area contributed by atoms with Gasteiger partial charge in [-0.1, -0.05) is 51.8 Å². The molecule has 0 radical (unpaired) electrons. The van der Waals surface area contributed by atoms with Crippen LogP contribution in [-0.2, 0) is 12.6 Å². The van der Waals surface area contributed by atoms with E-state index in [2.05, 4.69) is 15.9 Å². The summed E-state index contributed by atoms with van der Waals surface area (Å²) >= 11 is 9.06. The summed E-state index contributed by atoms with van der Waals surface area (Å²) in [6.07, 6.45) is -4.00. The molecule has 0 aromatic heterocycles. The van der Waals surface area contributed by atoms with Gasteiger partial charge in [0.15, 0.2) is 0 Å². The Morgan fingerprint density at radius 3 is 2.24 bits per heavy atom. The molecule has 0 saturated carbocycles. The summed E-state index contributed by atoms with van der Waals surface area (Å²) in [5.41, 5.74) is 0.345. The molecule has 0 aliphatic carbocycles. The monoisotopic (exact) mass is 380 g/mol. The SMILES string of the molecule is Fc1c(Cl)cccc1C(Br)Cc1ccc(C(F)(F)F)cc1. The van der Waals surface area contributed by atoms with Crippen molar-refractivity contribution in [1.29, 1.82) is 0 Å². The molecule has 0 bridgehead atoms. The van der Waals surface area contributed by atoms with E-state index in [0.29, 0.717) is 17.5 Å². The molecule has 6 heteroatoms. The molecule has 0 aliphatic rings. The van der Waals surface area contributed by atoms with Crippen LogP contribution in [0.25, 0.3) is 0 Å². The van der Waals surface area contributed by atoms with E-state index in [1.54, 1.807) is 12.1 Å². The highest BCUT2D eigenvalue weighted by atomic mass is 79.9. The highest BCUT2D eigenvalue weighted by molar-refractivity contribution is 9.09. The summed E-state index contributed by atoms with van der Waals surface area (Å²) in [7, 11) is 0. The molecular weight excluding hydrogens is 372 g/mol. The Kier molecular flexibility index (Phi) is 4.94. The highest BCUT2D eigenvalue weighted by Crippen LogP contribution is 2.33. The second kappa shape index (κ2) is 6.36. The highest BCUT2D eigenvalue weighted by Gasteiger charge is 2.30. The zero-order chi connectivity index (χ0) is 15.6. The van der Waals surface area contributed by atoms with Gasteiger partial charge in [0.1, 0.15) is 5.82 Å². The second-order valence-corrected chi connectivity index (χ2v) is 6.02. The van der Waals surface area contributed by atoms with Crippen molar-refractivity contribution in [3.8, 4) is 0 Å². The van der Waals surface area contributed by atoms with Crippen molar-refractivity contribution in [2.24, 2.45) is 0 Å². The lowest BCUT2D eigenvalue weighted by molar-refractivity contribution is -0.137. The fraction of sp³-hybridized carbons (Fsp3) is 0.200. The maximum Gasteiger partial charge on any atom is 0.416 e. The zero-order valence-corrected chi connectivity index (χ0v) is 12.9. The molecule has 0 N–H and O–H groups in total. The molecule has 0 fully saturated rings. The average molecular weight is 382 g/mol. The summed E-state index contributed by atoms with van der Waals surface area (Å²) in [4.78, 5) is -0.368. The van der Waals surface area contributed by atoms with Crippen LogP contribution in [0.2, 0.25) is 5.02 Å². The van der Waals surface area contributed by atoms with Gasteiger partial charge in [0.2, 0.25) is 0 Å². The first-order chi connectivity index (χ1) is 9.79. The smallest absolute Gasteiger partial charge is 0.205 e. The first-order valence-electron chi connectivity index (χ1n) is 6.03. The third kappa shape index (κ3) is 3.98. The van der Waals surface area contributed by atoms with Gasteiger partial charge in [0, 0.05) is 10.4 Å². The van der Waals surface area contributed by atoms with Crippen LogP contribution in [0.15, 0.2) is 42.5 Å². The number of hydrogen-bond acceptors (Lipinski definition) is 0. The van der Waals surface area contributed by atoms with Gasteiger partial charge < -0.3 is 0 Å². The van der Waals surface area contributed by atoms with E-state index >= 15 is 0 Å². The van der Waals surface area contributed by atoms with Crippen LogP contribution in [-0.4, -0.2) is 0 Å². The molecule has 0 amide bonds. The van der Waals surface area contributed by atoms with Crippen molar-refractivity contribution in [3.05, 3.63) is 70.0 Å². The molecule has 0 aliphatic heterocycles. The van der Waals surface area contributed by atoms with Crippen molar-refractivity contribution >= 4 is 27.5 Å².